The van der Waals surface area contributed by atoms with Gasteiger partial charge in [0.1, 0.15) is 16.5 Å². The van der Waals surface area contributed by atoms with E-state index in [0.717, 1.165) is 28.6 Å². The van der Waals surface area contributed by atoms with Crippen LogP contribution in [0.3, 0.4) is 0 Å². The first-order valence-corrected chi connectivity index (χ1v) is 10.2. The van der Waals surface area contributed by atoms with Crippen molar-refractivity contribution >= 4 is 44.8 Å². The number of carbonyl (C=O) groups excluding carboxylic acids is 1. The minimum Gasteiger partial charge on any atom is -0.379 e. The fourth-order valence-corrected chi connectivity index (χ4v) is 4.57. The van der Waals surface area contributed by atoms with Crippen molar-refractivity contribution in [3.05, 3.63) is 57.6 Å². The van der Waals surface area contributed by atoms with Crippen molar-refractivity contribution in [2.45, 2.75) is 4.90 Å². The zero-order valence-electron chi connectivity index (χ0n) is 14.2. The van der Waals surface area contributed by atoms with Gasteiger partial charge in [-0.05, 0) is 30.3 Å². The highest BCUT2D eigenvalue weighted by Gasteiger charge is 2.29. The summed E-state index contributed by atoms with van der Waals surface area (Å²) in [6, 6.07) is 5.04. The van der Waals surface area contributed by atoms with E-state index in [1.54, 1.807) is 0 Å². The smallest absolute Gasteiger partial charge is 0.257 e. The number of ether oxygens (including phenoxy) is 1. The van der Waals surface area contributed by atoms with Gasteiger partial charge in [-0.2, -0.15) is 4.31 Å². The van der Waals surface area contributed by atoms with Crippen LogP contribution in [0.1, 0.15) is 10.4 Å². The average Bonchev–Trinajstić information content (AvgIpc) is 2.66. The molecule has 0 spiro atoms. The molecule has 1 aliphatic heterocycles. The molecule has 1 fully saturated rings. The minimum atomic E-state index is -4.11. The number of halogens is 4. The van der Waals surface area contributed by atoms with Crippen molar-refractivity contribution in [2.75, 3.05) is 31.6 Å². The Morgan fingerprint density at radius 1 is 1.04 bits per heavy atom. The first-order chi connectivity index (χ1) is 13.2. The van der Waals surface area contributed by atoms with Gasteiger partial charge >= 0.3 is 0 Å². The standard InChI is InChI=1S/C17H14Cl2F2N2O4S/c18-12-9-13(19)15(21)8-11(12)17(24)22-10-1-2-14(20)16(7-10)28(25,26)23-3-5-27-6-4-23/h1-2,7-9H,3-6H2,(H,22,24). The number of amides is 1. The van der Waals surface area contributed by atoms with Crippen LogP contribution in [0.4, 0.5) is 14.5 Å². The van der Waals surface area contributed by atoms with E-state index in [1.807, 2.05) is 0 Å². The molecule has 1 N–H and O–H groups in total. The van der Waals surface area contributed by atoms with Gasteiger partial charge < -0.3 is 10.1 Å². The first kappa shape index (κ1) is 20.9. The van der Waals surface area contributed by atoms with E-state index in [4.69, 9.17) is 27.9 Å². The van der Waals surface area contributed by atoms with Crippen LogP contribution in [-0.2, 0) is 14.8 Å². The topological polar surface area (TPSA) is 75.7 Å². The summed E-state index contributed by atoms with van der Waals surface area (Å²) in [7, 11) is -4.11. The Morgan fingerprint density at radius 2 is 1.71 bits per heavy atom. The summed E-state index contributed by atoms with van der Waals surface area (Å²) >= 11 is 11.5. The molecule has 2 aromatic rings. The molecule has 28 heavy (non-hydrogen) atoms. The minimum absolute atomic E-state index is 0.00431. The van der Waals surface area contributed by atoms with Crippen LogP contribution in [0.25, 0.3) is 0 Å². The lowest BCUT2D eigenvalue weighted by Crippen LogP contribution is -2.40. The van der Waals surface area contributed by atoms with Gasteiger partial charge in [0.05, 0.1) is 28.8 Å². The lowest BCUT2D eigenvalue weighted by atomic mass is 10.2. The zero-order valence-corrected chi connectivity index (χ0v) is 16.5. The Balaban J connectivity index is 1.89. The maximum atomic E-state index is 14.2. The number of anilines is 1. The van der Waals surface area contributed by atoms with Crippen molar-refractivity contribution in [1.29, 1.82) is 0 Å². The molecule has 1 aliphatic rings. The maximum Gasteiger partial charge on any atom is 0.257 e. The van der Waals surface area contributed by atoms with E-state index < -0.39 is 32.5 Å². The summed E-state index contributed by atoms with van der Waals surface area (Å²) in [4.78, 5) is 11.8. The van der Waals surface area contributed by atoms with E-state index >= 15 is 0 Å². The highest BCUT2D eigenvalue weighted by atomic mass is 35.5. The maximum absolute atomic E-state index is 14.2. The predicted molar refractivity (Wildman–Crippen MR) is 100 cm³/mol. The van der Waals surface area contributed by atoms with Gasteiger partial charge in [0.25, 0.3) is 5.91 Å². The Hall–Kier alpha value is -1.78. The molecule has 0 atom stereocenters. The second-order valence-electron chi connectivity index (χ2n) is 5.86. The molecule has 0 saturated carbocycles. The number of hydrogen-bond donors (Lipinski definition) is 1. The number of carbonyl (C=O) groups is 1. The summed E-state index contributed by atoms with van der Waals surface area (Å²) in [6.07, 6.45) is 0. The van der Waals surface area contributed by atoms with Crippen molar-refractivity contribution in [1.82, 2.24) is 4.31 Å². The number of hydrogen-bond acceptors (Lipinski definition) is 4. The van der Waals surface area contributed by atoms with Crippen molar-refractivity contribution in [3.63, 3.8) is 0 Å². The monoisotopic (exact) mass is 450 g/mol. The van der Waals surface area contributed by atoms with Crippen LogP contribution < -0.4 is 5.32 Å². The molecule has 11 heteroatoms. The molecule has 1 saturated heterocycles. The molecule has 0 unspecified atom stereocenters. The van der Waals surface area contributed by atoms with E-state index in [9.17, 15) is 22.0 Å². The van der Waals surface area contributed by atoms with Crippen LogP contribution >= 0.6 is 23.2 Å². The molecule has 0 aliphatic carbocycles. The Kier molecular flexibility index (Phi) is 6.21. The third-order valence-corrected chi connectivity index (χ3v) is 6.55. The molecule has 1 heterocycles. The Bertz CT molecular complexity index is 1030. The predicted octanol–water partition coefficient (Wildman–Crippen LogP) is 3.54. The van der Waals surface area contributed by atoms with E-state index in [-0.39, 0.29) is 47.6 Å². The molecular weight excluding hydrogens is 437 g/mol. The van der Waals surface area contributed by atoms with E-state index in [0.29, 0.717) is 0 Å². The number of rotatable bonds is 4. The quantitative estimate of drug-likeness (QED) is 0.722. The number of sulfonamides is 1. The molecule has 6 nitrogen and oxygen atoms in total. The van der Waals surface area contributed by atoms with Crippen LogP contribution in [0.15, 0.2) is 35.2 Å². The fraction of sp³-hybridized carbons (Fsp3) is 0.235. The normalized spacial score (nSPS) is 15.4. The van der Waals surface area contributed by atoms with Gasteiger partial charge in [0.2, 0.25) is 10.0 Å². The Morgan fingerprint density at radius 3 is 2.39 bits per heavy atom. The van der Waals surface area contributed by atoms with E-state index in [1.165, 1.54) is 6.07 Å². The zero-order chi connectivity index (χ0) is 20.5. The second kappa shape index (κ2) is 8.30. The van der Waals surface area contributed by atoms with Crippen molar-refractivity contribution in [2.24, 2.45) is 0 Å². The second-order valence-corrected chi connectivity index (χ2v) is 8.58. The molecule has 1 amide bonds. The van der Waals surface area contributed by atoms with Crippen LogP contribution in [-0.4, -0.2) is 44.9 Å². The molecule has 0 radical (unpaired) electrons. The first-order valence-electron chi connectivity index (χ1n) is 8.03. The third kappa shape index (κ3) is 4.28. The van der Waals surface area contributed by atoms with Gasteiger partial charge in [-0.3, -0.25) is 4.79 Å². The van der Waals surface area contributed by atoms with Gasteiger partial charge in [0.15, 0.2) is 0 Å². The van der Waals surface area contributed by atoms with Gasteiger partial charge in [-0.1, -0.05) is 23.2 Å². The van der Waals surface area contributed by atoms with Crippen molar-refractivity contribution in [3.8, 4) is 0 Å². The van der Waals surface area contributed by atoms with Gasteiger partial charge in [0, 0.05) is 18.8 Å². The van der Waals surface area contributed by atoms with Crippen molar-refractivity contribution < 1.29 is 26.7 Å². The summed E-state index contributed by atoms with van der Waals surface area (Å²) < 4.78 is 59.4. The molecule has 150 valence electrons. The lowest BCUT2D eigenvalue weighted by molar-refractivity contribution is 0.0729. The number of morpholine rings is 1. The number of benzene rings is 2. The molecule has 3 rings (SSSR count). The van der Waals surface area contributed by atoms with Gasteiger partial charge in [-0.25, -0.2) is 17.2 Å². The lowest BCUT2D eigenvalue weighted by Gasteiger charge is -2.26. The fourth-order valence-electron chi connectivity index (χ4n) is 2.60. The van der Waals surface area contributed by atoms with Crippen LogP contribution in [0.2, 0.25) is 10.0 Å². The highest BCUT2D eigenvalue weighted by molar-refractivity contribution is 7.89. The molecule has 0 aromatic heterocycles. The van der Waals surface area contributed by atoms with Gasteiger partial charge in [-0.15, -0.1) is 0 Å². The number of nitrogens with one attached hydrogen (secondary N) is 1. The summed E-state index contributed by atoms with van der Waals surface area (Å²) in [6.45, 7) is 0.603. The van der Waals surface area contributed by atoms with Crippen LogP contribution in [0.5, 0.6) is 0 Å². The summed E-state index contributed by atoms with van der Waals surface area (Å²) in [5.41, 5.74) is -0.199. The summed E-state index contributed by atoms with van der Waals surface area (Å²) in [5, 5.41) is 2.04. The average molecular weight is 451 g/mol. The van der Waals surface area contributed by atoms with Crippen LogP contribution in [0, 0.1) is 11.6 Å². The SMILES string of the molecule is O=C(Nc1ccc(F)c(S(=O)(=O)N2CCOCC2)c1)c1cc(F)c(Cl)cc1Cl. The van der Waals surface area contributed by atoms with E-state index in [2.05, 4.69) is 5.32 Å². The highest BCUT2D eigenvalue weighted by Crippen LogP contribution is 2.27. The largest absolute Gasteiger partial charge is 0.379 e. The molecule has 2 aromatic carbocycles. The summed E-state index contributed by atoms with van der Waals surface area (Å²) in [5.74, 6) is -2.60. The number of nitrogens with zero attached hydrogens (tertiary/aromatic N) is 1. The Labute approximate surface area is 170 Å². The molecule has 0 bridgehead atoms. The molecular formula is C17H14Cl2F2N2O4S. The third-order valence-electron chi connectivity index (χ3n) is 4.03.